The Kier molecular flexibility index (Phi) is 4.86. The van der Waals surface area contributed by atoms with Gasteiger partial charge in [0.2, 0.25) is 0 Å². The monoisotopic (exact) mass is 324 g/mol. The van der Waals surface area contributed by atoms with Crippen molar-refractivity contribution in [3.8, 4) is 0 Å². The molecular formula is C18H20N4O2. The summed E-state index contributed by atoms with van der Waals surface area (Å²) in [5, 5.41) is 2.81. The predicted molar refractivity (Wildman–Crippen MR) is 91.7 cm³/mol. The average molecular weight is 324 g/mol. The molecule has 1 aromatic heterocycles. The van der Waals surface area contributed by atoms with Crippen LogP contribution in [-0.2, 0) is 6.54 Å². The molecule has 0 saturated carbocycles. The highest BCUT2D eigenvalue weighted by Gasteiger charge is 2.19. The molecule has 2 aromatic rings. The van der Waals surface area contributed by atoms with E-state index in [1.165, 1.54) is 0 Å². The van der Waals surface area contributed by atoms with Gasteiger partial charge in [0.15, 0.2) is 0 Å². The molecule has 6 nitrogen and oxygen atoms in total. The Bertz CT molecular complexity index is 737. The number of amides is 2. The van der Waals surface area contributed by atoms with Gasteiger partial charge in [-0.25, -0.2) is 0 Å². The number of hydrogen-bond donors (Lipinski definition) is 2. The molecule has 0 atom stereocenters. The van der Waals surface area contributed by atoms with Crippen molar-refractivity contribution in [2.45, 2.75) is 19.4 Å². The van der Waals surface area contributed by atoms with Crippen LogP contribution in [-0.4, -0.2) is 34.8 Å². The van der Waals surface area contributed by atoms with Crippen LogP contribution in [0.5, 0.6) is 0 Å². The SMILES string of the molecule is NCc1cc(C(=O)Nc2ccc(C(=O)N3CCCC3)cc2)ccn1. The van der Waals surface area contributed by atoms with Crippen molar-refractivity contribution in [2.24, 2.45) is 5.73 Å². The summed E-state index contributed by atoms with van der Waals surface area (Å²) in [6.45, 7) is 1.93. The second kappa shape index (κ2) is 7.23. The molecule has 1 fully saturated rings. The minimum absolute atomic E-state index is 0.0482. The third-order valence-electron chi connectivity index (χ3n) is 4.07. The zero-order valence-corrected chi connectivity index (χ0v) is 13.4. The third-order valence-corrected chi connectivity index (χ3v) is 4.07. The van der Waals surface area contributed by atoms with Gasteiger partial charge in [-0.15, -0.1) is 0 Å². The summed E-state index contributed by atoms with van der Waals surface area (Å²) in [5.41, 5.74) is 7.99. The minimum atomic E-state index is -0.231. The number of carbonyl (C=O) groups excluding carboxylic acids is 2. The maximum absolute atomic E-state index is 12.3. The van der Waals surface area contributed by atoms with Gasteiger partial charge in [-0.2, -0.15) is 0 Å². The normalized spacial score (nSPS) is 13.8. The van der Waals surface area contributed by atoms with Gasteiger partial charge >= 0.3 is 0 Å². The van der Waals surface area contributed by atoms with E-state index in [0.717, 1.165) is 25.9 Å². The quantitative estimate of drug-likeness (QED) is 0.900. The van der Waals surface area contributed by atoms with Crippen molar-refractivity contribution < 1.29 is 9.59 Å². The van der Waals surface area contributed by atoms with Crippen molar-refractivity contribution >= 4 is 17.5 Å². The van der Waals surface area contributed by atoms with Gasteiger partial charge in [-0.05, 0) is 49.2 Å². The Hall–Kier alpha value is -2.73. The van der Waals surface area contributed by atoms with E-state index >= 15 is 0 Å². The summed E-state index contributed by atoms with van der Waals surface area (Å²) < 4.78 is 0. The molecule has 0 spiro atoms. The van der Waals surface area contributed by atoms with Gasteiger partial charge in [-0.3, -0.25) is 14.6 Å². The lowest BCUT2D eigenvalue weighted by atomic mass is 10.1. The number of rotatable bonds is 4. The number of anilines is 1. The molecule has 0 aliphatic carbocycles. The Morgan fingerprint density at radius 1 is 1.08 bits per heavy atom. The number of aromatic nitrogens is 1. The van der Waals surface area contributed by atoms with Gasteiger partial charge in [-0.1, -0.05) is 0 Å². The summed E-state index contributed by atoms with van der Waals surface area (Å²) in [5.74, 6) is -0.183. The van der Waals surface area contributed by atoms with E-state index < -0.39 is 0 Å². The molecule has 3 N–H and O–H groups in total. The fourth-order valence-corrected chi connectivity index (χ4v) is 2.73. The Balaban J connectivity index is 1.67. The van der Waals surface area contributed by atoms with Crippen molar-refractivity contribution in [1.82, 2.24) is 9.88 Å². The second-order valence-corrected chi connectivity index (χ2v) is 5.77. The number of likely N-dealkylation sites (tertiary alicyclic amines) is 1. The maximum Gasteiger partial charge on any atom is 0.255 e. The minimum Gasteiger partial charge on any atom is -0.339 e. The van der Waals surface area contributed by atoms with Crippen LogP contribution in [0.15, 0.2) is 42.6 Å². The van der Waals surface area contributed by atoms with Crippen LogP contribution in [0.1, 0.15) is 39.3 Å². The van der Waals surface area contributed by atoms with Crippen LogP contribution >= 0.6 is 0 Å². The lowest BCUT2D eigenvalue weighted by Crippen LogP contribution is -2.27. The molecular weight excluding hydrogens is 304 g/mol. The second-order valence-electron chi connectivity index (χ2n) is 5.77. The largest absolute Gasteiger partial charge is 0.339 e. The number of hydrogen-bond acceptors (Lipinski definition) is 4. The summed E-state index contributed by atoms with van der Waals surface area (Å²) in [6, 6.07) is 10.3. The predicted octanol–water partition coefficient (Wildman–Crippen LogP) is 2.03. The number of nitrogens with two attached hydrogens (primary N) is 1. The van der Waals surface area contributed by atoms with Crippen molar-refractivity contribution in [3.63, 3.8) is 0 Å². The first kappa shape index (κ1) is 16.1. The first-order chi connectivity index (χ1) is 11.7. The van der Waals surface area contributed by atoms with E-state index in [1.807, 2.05) is 4.90 Å². The molecule has 2 heterocycles. The fourth-order valence-electron chi connectivity index (χ4n) is 2.73. The van der Waals surface area contributed by atoms with Gasteiger partial charge < -0.3 is 16.0 Å². The molecule has 1 aliphatic heterocycles. The zero-order chi connectivity index (χ0) is 16.9. The van der Waals surface area contributed by atoms with Crippen LogP contribution in [0.4, 0.5) is 5.69 Å². The van der Waals surface area contributed by atoms with Crippen LogP contribution in [0.2, 0.25) is 0 Å². The van der Waals surface area contributed by atoms with E-state index in [2.05, 4.69) is 10.3 Å². The molecule has 0 bridgehead atoms. The van der Waals surface area contributed by atoms with E-state index in [-0.39, 0.29) is 18.4 Å². The smallest absolute Gasteiger partial charge is 0.255 e. The molecule has 1 aromatic carbocycles. The molecule has 0 unspecified atom stereocenters. The number of nitrogens with one attached hydrogen (secondary N) is 1. The van der Waals surface area contributed by atoms with Crippen molar-refractivity contribution in [2.75, 3.05) is 18.4 Å². The van der Waals surface area contributed by atoms with E-state index in [1.54, 1.807) is 42.6 Å². The van der Waals surface area contributed by atoms with Gasteiger partial charge in [0, 0.05) is 42.6 Å². The summed E-state index contributed by atoms with van der Waals surface area (Å²) in [4.78, 5) is 30.5. The summed E-state index contributed by atoms with van der Waals surface area (Å²) in [7, 11) is 0. The molecule has 6 heteroatoms. The highest BCUT2D eigenvalue weighted by atomic mass is 16.2. The molecule has 24 heavy (non-hydrogen) atoms. The molecule has 0 radical (unpaired) electrons. The van der Waals surface area contributed by atoms with Crippen LogP contribution in [0, 0.1) is 0 Å². The lowest BCUT2D eigenvalue weighted by molar-refractivity contribution is 0.0792. The maximum atomic E-state index is 12.3. The van der Waals surface area contributed by atoms with E-state index in [0.29, 0.717) is 22.5 Å². The average Bonchev–Trinajstić information content (AvgIpc) is 3.16. The lowest BCUT2D eigenvalue weighted by Gasteiger charge is -2.15. The van der Waals surface area contributed by atoms with Gasteiger partial charge in [0.05, 0.1) is 5.69 Å². The summed E-state index contributed by atoms with van der Waals surface area (Å²) >= 11 is 0. The number of carbonyl (C=O) groups is 2. The Morgan fingerprint density at radius 2 is 1.79 bits per heavy atom. The summed E-state index contributed by atoms with van der Waals surface area (Å²) in [6.07, 6.45) is 3.70. The van der Waals surface area contributed by atoms with Crippen LogP contribution < -0.4 is 11.1 Å². The third kappa shape index (κ3) is 3.60. The Labute approximate surface area is 140 Å². The molecule has 2 amide bonds. The first-order valence-corrected chi connectivity index (χ1v) is 8.03. The van der Waals surface area contributed by atoms with Crippen molar-refractivity contribution in [1.29, 1.82) is 0 Å². The van der Waals surface area contributed by atoms with Crippen molar-refractivity contribution in [3.05, 3.63) is 59.4 Å². The first-order valence-electron chi connectivity index (χ1n) is 8.03. The number of pyridine rings is 1. The molecule has 1 saturated heterocycles. The van der Waals surface area contributed by atoms with E-state index in [9.17, 15) is 9.59 Å². The Morgan fingerprint density at radius 3 is 2.46 bits per heavy atom. The molecule has 3 rings (SSSR count). The fraction of sp³-hybridized carbons (Fsp3) is 0.278. The zero-order valence-electron chi connectivity index (χ0n) is 13.4. The molecule has 1 aliphatic rings. The highest BCUT2D eigenvalue weighted by Crippen LogP contribution is 2.16. The standard InChI is InChI=1S/C18H20N4O2/c19-12-16-11-14(7-8-20-16)17(23)21-15-5-3-13(4-6-15)18(24)22-9-1-2-10-22/h3-8,11H,1-2,9-10,12,19H2,(H,21,23). The van der Waals surface area contributed by atoms with Gasteiger partial charge in [0.1, 0.15) is 0 Å². The number of nitrogens with zero attached hydrogens (tertiary/aromatic N) is 2. The number of benzene rings is 1. The van der Waals surface area contributed by atoms with Crippen LogP contribution in [0.3, 0.4) is 0 Å². The van der Waals surface area contributed by atoms with Crippen LogP contribution in [0.25, 0.3) is 0 Å². The topological polar surface area (TPSA) is 88.3 Å². The highest BCUT2D eigenvalue weighted by molar-refractivity contribution is 6.04. The molecule has 124 valence electrons. The van der Waals surface area contributed by atoms with Gasteiger partial charge in [0.25, 0.3) is 11.8 Å². The van der Waals surface area contributed by atoms with E-state index in [4.69, 9.17) is 5.73 Å².